The molecule has 0 unspecified atom stereocenters. The number of nitrogens with zero attached hydrogens (tertiary/aromatic N) is 4. The summed E-state index contributed by atoms with van der Waals surface area (Å²) in [6.07, 6.45) is 6.94. The second-order valence-corrected chi connectivity index (χ2v) is 4.65. The molecule has 3 heterocycles. The minimum absolute atomic E-state index is 0.272. The Balaban J connectivity index is 1.94. The number of hydrogen-bond acceptors (Lipinski definition) is 5. The Morgan fingerprint density at radius 3 is 2.95 bits per heavy atom. The van der Waals surface area contributed by atoms with Crippen molar-refractivity contribution in [3.05, 3.63) is 48.0 Å². The molecule has 2 N–H and O–H groups in total. The molecule has 0 atom stereocenters. The molecule has 0 saturated carbocycles. The molecule has 3 aromatic rings. The molecule has 19 heavy (non-hydrogen) atoms. The van der Waals surface area contributed by atoms with Crippen molar-refractivity contribution in [1.82, 2.24) is 19.7 Å². The molecule has 94 valence electrons. The molecule has 0 aliphatic rings. The van der Waals surface area contributed by atoms with Gasteiger partial charge in [0.25, 0.3) is 5.91 Å². The lowest BCUT2D eigenvalue weighted by molar-refractivity contribution is 0.0996. The first-order chi connectivity index (χ1) is 9.24. The molecule has 0 aromatic carbocycles. The third-order valence-corrected chi connectivity index (χ3v) is 3.39. The van der Waals surface area contributed by atoms with E-state index in [4.69, 9.17) is 5.73 Å². The second kappa shape index (κ2) is 4.62. The fourth-order valence-electron chi connectivity index (χ4n) is 1.58. The highest BCUT2D eigenvalue weighted by Gasteiger charge is 2.10. The van der Waals surface area contributed by atoms with Gasteiger partial charge in [-0.15, -0.1) is 11.3 Å². The summed E-state index contributed by atoms with van der Waals surface area (Å²) in [6.45, 7) is 0. The quantitative estimate of drug-likeness (QED) is 0.781. The summed E-state index contributed by atoms with van der Waals surface area (Å²) >= 11 is 1.36. The minimum atomic E-state index is -0.526. The Morgan fingerprint density at radius 2 is 2.26 bits per heavy atom. The van der Waals surface area contributed by atoms with Crippen molar-refractivity contribution in [2.24, 2.45) is 5.73 Å². The van der Waals surface area contributed by atoms with Crippen molar-refractivity contribution >= 4 is 17.2 Å². The molecule has 6 nitrogen and oxygen atoms in total. The van der Waals surface area contributed by atoms with E-state index in [1.807, 2.05) is 18.3 Å². The molecule has 0 spiro atoms. The van der Waals surface area contributed by atoms with E-state index in [-0.39, 0.29) is 5.69 Å². The summed E-state index contributed by atoms with van der Waals surface area (Å²) in [6, 6.07) is 3.74. The van der Waals surface area contributed by atoms with Crippen LogP contribution < -0.4 is 5.73 Å². The van der Waals surface area contributed by atoms with E-state index in [1.54, 1.807) is 28.7 Å². The van der Waals surface area contributed by atoms with Gasteiger partial charge in [0.15, 0.2) is 0 Å². The number of primary amides is 1. The minimum Gasteiger partial charge on any atom is -0.364 e. The highest BCUT2D eigenvalue weighted by atomic mass is 32.1. The zero-order chi connectivity index (χ0) is 13.2. The number of carbonyl (C=O) groups excluding carboxylic acids is 1. The van der Waals surface area contributed by atoms with Gasteiger partial charge in [-0.2, -0.15) is 5.10 Å². The molecule has 0 aliphatic heterocycles. The van der Waals surface area contributed by atoms with Crippen LogP contribution in [0.25, 0.3) is 16.3 Å². The molecular formula is C12H9N5OS. The number of nitrogens with two attached hydrogens (primary N) is 1. The maximum atomic E-state index is 11.0. The topological polar surface area (TPSA) is 86.7 Å². The highest BCUT2D eigenvalue weighted by Crippen LogP contribution is 2.23. The molecule has 0 aliphatic carbocycles. The smallest absolute Gasteiger partial charge is 0.268 e. The van der Waals surface area contributed by atoms with E-state index in [2.05, 4.69) is 15.1 Å². The monoisotopic (exact) mass is 271 g/mol. The van der Waals surface area contributed by atoms with Gasteiger partial charge < -0.3 is 5.73 Å². The van der Waals surface area contributed by atoms with Crippen LogP contribution in [0.1, 0.15) is 10.5 Å². The number of hydrogen-bond donors (Lipinski definition) is 1. The van der Waals surface area contributed by atoms with Crippen molar-refractivity contribution in [2.75, 3.05) is 0 Å². The van der Waals surface area contributed by atoms with Gasteiger partial charge in [-0.05, 0) is 12.1 Å². The van der Waals surface area contributed by atoms with E-state index >= 15 is 0 Å². The summed E-state index contributed by atoms with van der Waals surface area (Å²) in [5, 5.41) is 6.59. The molecule has 0 saturated heterocycles. The van der Waals surface area contributed by atoms with Gasteiger partial charge in [0.1, 0.15) is 10.7 Å². The van der Waals surface area contributed by atoms with Gasteiger partial charge in [-0.3, -0.25) is 9.78 Å². The van der Waals surface area contributed by atoms with E-state index in [9.17, 15) is 4.79 Å². The Kier molecular flexibility index (Phi) is 2.81. The van der Waals surface area contributed by atoms with Crippen LogP contribution in [0.2, 0.25) is 0 Å². The average Bonchev–Trinajstić information content (AvgIpc) is 3.09. The maximum absolute atomic E-state index is 11.0. The molecule has 1 amide bonds. The standard InChI is InChI=1S/C12H9N5OS/c13-11(18)10-7-19-12(16-10)8-4-15-17(6-8)9-2-1-3-14-5-9/h1-7H,(H2,13,18). The number of aromatic nitrogens is 4. The summed E-state index contributed by atoms with van der Waals surface area (Å²) in [5.74, 6) is -0.526. The fraction of sp³-hybridized carbons (Fsp3) is 0. The first kappa shape index (κ1) is 11.5. The van der Waals surface area contributed by atoms with Crippen LogP contribution in [-0.2, 0) is 0 Å². The molecular weight excluding hydrogens is 262 g/mol. The Bertz CT molecular complexity index is 719. The second-order valence-electron chi connectivity index (χ2n) is 3.79. The van der Waals surface area contributed by atoms with Gasteiger partial charge in [0.2, 0.25) is 0 Å². The van der Waals surface area contributed by atoms with Gasteiger partial charge in [0, 0.05) is 23.3 Å². The molecule has 0 fully saturated rings. The molecule has 3 rings (SSSR count). The average molecular weight is 271 g/mol. The molecule has 0 bridgehead atoms. The summed E-state index contributed by atoms with van der Waals surface area (Å²) in [4.78, 5) is 19.2. The number of thiazole rings is 1. The lowest BCUT2D eigenvalue weighted by Gasteiger charge is -1.97. The highest BCUT2D eigenvalue weighted by molar-refractivity contribution is 7.13. The van der Waals surface area contributed by atoms with Gasteiger partial charge >= 0.3 is 0 Å². The number of amides is 1. The van der Waals surface area contributed by atoms with Crippen molar-refractivity contribution in [2.45, 2.75) is 0 Å². The van der Waals surface area contributed by atoms with Crippen LogP contribution in [0, 0.1) is 0 Å². The van der Waals surface area contributed by atoms with Crippen molar-refractivity contribution in [1.29, 1.82) is 0 Å². The SMILES string of the molecule is NC(=O)c1csc(-c2cnn(-c3cccnc3)c2)n1. The van der Waals surface area contributed by atoms with Crippen molar-refractivity contribution in [3.63, 3.8) is 0 Å². The largest absolute Gasteiger partial charge is 0.364 e. The van der Waals surface area contributed by atoms with E-state index < -0.39 is 5.91 Å². The number of carbonyl (C=O) groups is 1. The summed E-state index contributed by atoms with van der Waals surface area (Å²) in [7, 11) is 0. The van der Waals surface area contributed by atoms with E-state index in [0.29, 0.717) is 5.01 Å². The van der Waals surface area contributed by atoms with Crippen LogP contribution in [0.15, 0.2) is 42.3 Å². The summed E-state index contributed by atoms with van der Waals surface area (Å²) < 4.78 is 1.70. The van der Waals surface area contributed by atoms with Crippen LogP contribution in [0.3, 0.4) is 0 Å². The Morgan fingerprint density at radius 1 is 1.37 bits per heavy atom. The van der Waals surface area contributed by atoms with Crippen molar-refractivity contribution in [3.8, 4) is 16.3 Å². The number of rotatable bonds is 3. The lowest BCUT2D eigenvalue weighted by Crippen LogP contribution is -2.10. The zero-order valence-electron chi connectivity index (χ0n) is 9.72. The Labute approximate surface area is 112 Å². The third kappa shape index (κ3) is 2.23. The Hall–Kier alpha value is -2.54. The molecule has 3 aromatic heterocycles. The normalized spacial score (nSPS) is 10.5. The lowest BCUT2D eigenvalue weighted by atomic mass is 10.3. The maximum Gasteiger partial charge on any atom is 0.268 e. The molecule has 0 radical (unpaired) electrons. The van der Waals surface area contributed by atoms with Crippen molar-refractivity contribution < 1.29 is 4.79 Å². The summed E-state index contributed by atoms with van der Waals surface area (Å²) in [5.41, 5.74) is 7.15. The zero-order valence-corrected chi connectivity index (χ0v) is 10.5. The van der Waals surface area contributed by atoms with Crippen LogP contribution in [0.4, 0.5) is 0 Å². The molecule has 7 heteroatoms. The van der Waals surface area contributed by atoms with Gasteiger partial charge in [0.05, 0.1) is 18.1 Å². The third-order valence-electron chi connectivity index (χ3n) is 2.50. The first-order valence-electron chi connectivity index (χ1n) is 5.45. The van der Waals surface area contributed by atoms with Crippen LogP contribution >= 0.6 is 11.3 Å². The van der Waals surface area contributed by atoms with Gasteiger partial charge in [-0.25, -0.2) is 9.67 Å². The van der Waals surface area contributed by atoms with Crippen LogP contribution in [-0.4, -0.2) is 25.7 Å². The van der Waals surface area contributed by atoms with E-state index in [0.717, 1.165) is 11.3 Å². The predicted molar refractivity (Wildman–Crippen MR) is 71.0 cm³/mol. The van der Waals surface area contributed by atoms with Gasteiger partial charge in [-0.1, -0.05) is 0 Å². The fourth-order valence-corrected chi connectivity index (χ4v) is 2.37. The van der Waals surface area contributed by atoms with E-state index in [1.165, 1.54) is 11.3 Å². The predicted octanol–water partition coefficient (Wildman–Crippen LogP) is 1.49. The van der Waals surface area contributed by atoms with Crippen LogP contribution in [0.5, 0.6) is 0 Å². The first-order valence-corrected chi connectivity index (χ1v) is 6.33. The number of pyridine rings is 1.